The Bertz CT molecular complexity index is 328. The minimum atomic E-state index is 0.652. The molecule has 18 heavy (non-hydrogen) atoms. The lowest BCUT2D eigenvalue weighted by atomic mass is 10.2. The average molecular weight is 272 g/mol. The highest BCUT2D eigenvalue weighted by Crippen LogP contribution is 2.17. The summed E-state index contributed by atoms with van der Waals surface area (Å²) >= 11 is 1.52. The van der Waals surface area contributed by atoms with E-state index in [9.17, 15) is 0 Å². The van der Waals surface area contributed by atoms with Gasteiger partial charge in [-0.2, -0.15) is 0 Å². The van der Waals surface area contributed by atoms with Gasteiger partial charge in [-0.05, 0) is 33.0 Å². The Kier molecular flexibility index (Phi) is 7.15. The van der Waals surface area contributed by atoms with Gasteiger partial charge in [0.25, 0.3) is 5.19 Å². The van der Waals surface area contributed by atoms with Crippen molar-refractivity contribution in [2.45, 2.75) is 26.8 Å². The fraction of sp³-hybridized carbons (Fsp3) is 0.833. The van der Waals surface area contributed by atoms with Crippen molar-refractivity contribution < 1.29 is 4.74 Å². The molecule has 104 valence electrons. The maximum atomic E-state index is 5.55. The second-order valence-electron chi connectivity index (χ2n) is 4.99. The van der Waals surface area contributed by atoms with Gasteiger partial charge >= 0.3 is 0 Å². The summed E-state index contributed by atoms with van der Waals surface area (Å²) in [5.74, 6) is 0.652. The van der Waals surface area contributed by atoms with Crippen LogP contribution in [0.15, 0.2) is 0 Å². The number of rotatable bonds is 9. The first-order valence-corrected chi connectivity index (χ1v) is 7.20. The molecule has 1 rings (SSSR count). The fourth-order valence-corrected chi connectivity index (χ4v) is 2.06. The molecule has 0 aliphatic carbocycles. The first kappa shape index (κ1) is 15.3. The number of aromatic nitrogens is 2. The summed E-state index contributed by atoms with van der Waals surface area (Å²) in [5.41, 5.74) is 0. The molecule has 0 bridgehead atoms. The molecule has 0 unspecified atom stereocenters. The SMILES string of the molecule is CC(C)CNCc1nnc(OCCCN(C)C)s1. The summed E-state index contributed by atoms with van der Waals surface area (Å²) in [4.78, 5) is 2.14. The summed E-state index contributed by atoms with van der Waals surface area (Å²) in [7, 11) is 4.12. The summed E-state index contributed by atoms with van der Waals surface area (Å²) in [6, 6.07) is 0. The van der Waals surface area contributed by atoms with Gasteiger partial charge < -0.3 is 15.0 Å². The largest absolute Gasteiger partial charge is 0.469 e. The molecule has 0 fully saturated rings. The lowest BCUT2D eigenvalue weighted by Gasteiger charge is -2.08. The Hall–Kier alpha value is -0.720. The van der Waals surface area contributed by atoms with Gasteiger partial charge in [-0.1, -0.05) is 25.2 Å². The molecule has 1 N–H and O–H groups in total. The van der Waals surface area contributed by atoms with Crippen molar-refractivity contribution in [2.75, 3.05) is 33.8 Å². The van der Waals surface area contributed by atoms with Crippen LogP contribution in [0, 0.1) is 5.92 Å². The lowest BCUT2D eigenvalue weighted by Crippen LogP contribution is -2.18. The predicted octanol–water partition coefficient (Wildman–Crippen LogP) is 1.61. The van der Waals surface area contributed by atoms with Crippen LogP contribution in [-0.4, -0.2) is 48.9 Å². The number of nitrogens with zero attached hydrogens (tertiary/aromatic N) is 3. The summed E-state index contributed by atoms with van der Waals surface area (Å²) in [6.45, 7) is 7.88. The molecule has 0 aliphatic rings. The molecule has 1 aromatic rings. The molecule has 0 amide bonds. The molecule has 5 nitrogen and oxygen atoms in total. The van der Waals surface area contributed by atoms with Crippen LogP contribution < -0.4 is 10.1 Å². The Labute approximate surface area is 114 Å². The molecule has 0 saturated heterocycles. The first-order valence-electron chi connectivity index (χ1n) is 6.38. The second kappa shape index (κ2) is 8.39. The molecule has 6 heteroatoms. The van der Waals surface area contributed by atoms with Crippen LogP contribution >= 0.6 is 11.3 Å². The molecule has 1 heterocycles. The molecule has 0 spiro atoms. The van der Waals surface area contributed by atoms with Crippen LogP contribution in [0.2, 0.25) is 0 Å². The number of nitrogens with one attached hydrogen (secondary N) is 1. The topological polar surface area (TPSA) is 50.3 Å². The molecular formula is C12H24N4OS. The third-order valence-corrected chi connectivity index (χ3v) is 3.09. The van der Waals surface area contributed by atoms with Gasteiger partial charge in [0.1, 0.15) is 5.01 Å². The molecule has 0 radical (unpaired) electrons. The van der Waals surface area contributed by atoms with Gasteiger partial charge in [-0.3, -0.25) is 0 Å². The minimum Gasteiger partial charge on any atom is -0.469 e. The van der Waals surface area contributed by atoms with Crippen LogP contribution in [-0.2, 0) is 6.54 Å². The van der Waals surface area contributed by atoms with Crippen molar-refractivity contribution in [3.05, 3.63) is 5.01 Å². The number of hydrogen-bond donors (Lipinski definition) is 1. The van der Waals surface area contributed by atoms with Gasteiger partial charge in [-0.25, -0.2) is 0 Å². The van der Waals surface area contributed by atoms with Crippen LogP contribution in [0.1, 0.15) is 25.3 Å². The highest BCUT2D eigenvalue weighted by molar-refractivity contribution is 7.13. The Balaban J connectivity index is 2.17. The quantitative estimate of drug-likeness (QED) is 0.692. The van der Waals surface area contributed by atoms with Crippen LogP contribution in [0.25, 0.3) is 0 Å². The predicted molar refractivity (Wildman–Crippen MR) is 75.1 cm³/mol. The molecule has 0 aliphatic heterocycles. The Morgan fingerprint density at radius 2 is 2.11 bits per heavy atom. The number of hydrogen-bond acceptors (Lipinski definition) is 6. The lowest BCUT2D eigenvalue weighted by molar-refractivity contribution is 0.279. The van der Waals surface area contributed by atoms with E-state index in [4.69, 9.17) is 4.74 Å². The van der Waals surface area contributed by atoms with E-state index < -0.39 is 0 Å². The summed E-state index contributed by atoms with van der Waals surface area (Å²) < 4.78 is 5.55. The standard InChI is InChI=1S/C12H24N4OS/c1-10(2)8-13-9-11-14-15-12(18-11)17-7-5-6-16(3)4/h10,13H,5-9H2,1-4H3. The number of ether oxygens (including phenoxy) is 1. The summed E-state index contributed by atoms with van der Waals surface area (Å²) in [5, 5.41) is 13.1. The Morgan fingerprint density at radius 3 is 2.78 bits per heavy atom. The zero-order chi connectivity index (χ0) is 13.4. The van der Waals surface area contributed by atoms with Crippen molar-refractivity contribution in [2.24, 2.45) is 5.92 Å². The van der Waals surface area contributed by atoms with E-state index in [0.717, 1.165) is 31.1 Å². The zero-order valence-electron chi connectivity index (χ0n) is 11.8. The van der Waals surface area contributed by atoms with Crippen LogP contribution in [0.5, 0.6) is 5.19 Å². The van der Waals surface area contributed by atoms with Crippen molar-refractivity contribution in [3.8, 4) is 5.19 Å². The highest BCUT2D eigenvalue weighted by Gasteiger charge is 2.05. The average Bonchev–Trinajstić information content (AvgIpc) is 2.72. The first-order chi connectivity index (χ1) is 8.58. The van der Waals surface area contributed by atoms with Gasteiger partial charge in [0, 0.05) is 13.1 Å². The van der Waals surface area contributed by atoms with Crippen molar-refractivity contribution >= 4 is 11.3 Å². The monoisotopic (exact) mass is 272 g/mol. The van der Waals surface area contributed by atoms with Crippen molar-refractivity contribution in [3.63, 3.8) is 0 Å². The Morgan fingerprint density at radius 1 is 1.33 bits per heavy atom. The van der Waals surface area contributed by atoms with Crippen molar-refractivity contribution in [1.82, 2.24) is 20.4 Å². The van der Waals surface area contributed by atoms with E-state index in [1.54, 1.807) is 0 Å². The molecular weight excluding hydrogens is 248 g/mol. The third-order valence-electron chi connectivity index (χ3n) is 2.25. The molecule has 0 aromatic carbocycles. The van der Waals surface area contributed by atoms with E-state index in [0.29, 0.717) is 17.7 Å². The fourth-order valence-electron chi connectivity index (χ4n) is 1.38. The van der Waals surface area contributed by atoms with Gasteiger partial charge in [0.05, 0.1) is 6.61 Å². The van der Waals surface area contributed by atoms with Gasteiger partial charge in [0.15, 0.2) is 0 Å². The second-order valence-corrected chi connectivity index (χ2v) is 6.02. The van der Waals surface area contributed by atoms with Gasteiger partial charge in [-0.15, -0.1) is 10.2 Å². The highest BCUT2D eigenvalue weighted by atomic mass is 32.1. The van der Waals surface area contributed by atoms with E-state index in [-0.39, 0.29) is 0 Å². The van der Waals surface area contributed by atoms with E-state index in [1.807, 2.05) is 0 Å². The van der Waals surface area contributed by atoms with Crippen molar-refractivity contribution in [1.29, 1.82) is 0 Å². The zero-order valence-corrected chi connectivity index (χ0v) is 12.6. The molecule has 1 aromatic heterocycles. The maximum Gasteiger partial charge on any atom is 0.294 e. The minimum absolute atomic E-state index is 0.652. The van der Waals surface area contributed by atoms with Gasteiger partial charge in [0.2, 0.25) is 0 Å². The third kappa shape index (κ3) is 6.88. The smallest absolute Gasteiger partial charge is 0.294 e. The van der Waals surface area contributed by atoms with E-state index >= 15 is 0 Å². The van der Waals surface area contributed by atoms with E-state index in [1.165, 1.54) is 11.3 Å². The van der Waals surface area contributed by atoms with E-state index in [2.05, 4.69) is 48.4 Å². The maximum absolute atomic E-state index is 5.55. The summed E-state index contributed by atoms with van der Waals surface area (Å²) in [6.07, 6.45) is 1.01. The molecule has 0 saturated carbocycles. The normalized spacial score (nSPS) is 11.4. The molecule has 0 atom stereocenters. The van der Waals surface area contributed by atoms with Crippen LogP contribution in [0.4, 0.5) is 0 Å². The van der Waals surface area contributed by atoms with Crippen LogP contribution in [0.3, 0.4) is 0 Å².